The van der Waals surface area contributed by atoms with Gasteiger partial charge in [-0.1, -0.05) is 55.5 Å². The number of hydrogen-bond donors (Lipinski definition) is 4. The fourth-order valence-electron chi connectivity index (χ4n) is 4.97. The van der Waals surface area contributed by atoms with E-state index in [-0.39, 0.29) is 12.4 Å². The summed E-state index contributed by atoms with van der Waals surface area (Å²) in [4.78, 5) is 9.39. The van der Waals surface area contributed by atoms with Gasteiger partial charge in [-0.15, -0.1) is 5.11 Å². The summed E-state index contributed by atoms with van der Waals surface area (Å²) in [7, 11) is 1.87. The number of hydrogen-bond acceptors (Lipinski definition) is 6. The smallest absolute Gasteiger partial charge is 0.149 e. The van der Waals surface area contributed by atoms with Crippen LogP contribution >= 0.6 is 0 Å². The molecule has 6 rings (SSSR count). The van der Waals surface area contributed by atoms with Crippen LogP contribution in [0.3, 0.4) is 0 Å². The number of aromatic hydroxyl groups is 1. The lowest BCUT2D eigenvalue weighted by Gasteiger charge is -2.14. The van der Waals surface area contributed by atoms with E-state index in [0.717, 1.165) is 55.9 Å². The Labute approximate surface area is 226 Å². The monoisotopic (exact) mass is 515 g/mol. The number of aryl methyl sites for hydroxylation is 1. The van der Waals surface area contributed by atoms with Gasteiger partial charge in [-0.25, -0.2) is 0 Å². The van der Waals surface area contributed by atoms with Crippen LogP contribution in [0.1, 0.15) is 18.1 Å². The predicted molar refractivity (Wildman–Crippen MR) is 159 cm³/mol. The minimum atomic E-state index is 0.0369. The van der Waals surface area contributed by atoms with Crippen molar-refractivity contribution in [2.24, 2.45) is 10.2 Å². The van der Waals surface area contributed by atoms with Crippen molar-refractivity contribution in [3.8, 4) is 5.75 Å². The Kier molecular flexibility index (Phi) is 6.57. The van der Waals surface area contributed by atoms with Crippen LogP contribution < -0.4 is 10.8 Å². The second-order valence-corrected chi connectivity index (χ2v) is 9.39. The Bertz CT molecular complexity index is 1820. The number of phenolic OH excluding ortho intramolecular Hbond substituents is 1. The van der Waals surface area contributed by atoms with Crippen molar-refractivity contribution >= 4 is 55.3 Å². The summed E-state index contributed by atoms with van der Waals surface area (Å²) < 4.78 is 0. The summed E-state index contributed by atoms with van der Waals surface area (Å²) in [6.45, 7) is 2.24. The molecular formula is C32H29N5O2. The highest BCUT2D eigenvalue weighted by Gasteiger charge is 2.18. The van der Waals surface area contributed by atoms with Crippen molar-refractivity contribution in [3.63, 3.8) is 0 Å². The molecule has 1 heterocycles. The number of aromatic amines is 1. The SMILES string of the molecule is CCc1ccccc1NOCc1cc2ccc3c4ccccc4[nH]c3c2c(N=Nc2ccc(NC)cc2)c1O. The van der Waals surface area contributed by atoms with Crippen molar-refractivity contribution in [2.75, 3.05) is 17.8 Å². The average molecular weight is 516 g/mol. The summed E-state index contributed by atoms with van der Waals surface area (Å²) in [5.74, 6) is 0.0369. The van der Waals surface area contributed by atoms with Crippen molar-refractivity contribution in [1.29, 1.82) is 0 Å². The molecule has 0 saturated heterocycles. The predicted octanol–water partition coefficient (Wildman–Crippen LogP) is 8.74. The first-order chi connectivity index (χ1) is 19.2. The van der Waals surface area contributed by atoms with Gasteiger partial charge in [-0.3, -0.25) is 10.3 Å². The summed E-state index contributed by atoms with van der Waals surface area (Å²) in [6.07, 6.45) is 0.883. The second kappa shape index (κ2) is 10.5. The van der Waals surface area contributed by atoms with E-state index in [4.69, 9.17) is 4.84 Å². The molecule has 0 amide bonds. The first-order valence-electron chi connectivity index (χ1n) is 13.0. The van der Waals surface area contributed by atoms with E-state index in [1.54, 1.807) is 0 Å². The first-order valence-corrected chi connectivity index (χ1v) is 13.0. The highest BCUT2D eigenvalue weighted by molar-refractivity contribution is 6.20. The zero-order chi connectivity index (χ0) is 26.8. The molecule has 0 fully saturated rings. The van der Waals surface area contributed by atoms with E-state index in [2.05, 4.69) is 57.2 Å². The van der Waals surface area contributed by atoms with Crippen LogP contribution in [-0.4, -0.2) is 17.1 Å². The van der Waals surface area contributed by atoms with Crippen molar-refractivity contribution < 1.29 is 9.94 Å². The minimum absolute atomic E-state index is 0.0369. The van der Waals surface area contributed by atoms with E-state index in [0.29, 0.717) is 16.9 Å². The number of phenols is 1. The summed E-state index contributed by atoms with van der Waals surface area (Å²) in [5.41, 5.74) is 9.72. The zero-order valence-electron chi connectivity index (χ0n) is 21.8. The van der Waals surface area contributed by atoms with E-state index < -0.39 is 0 Å². The van der Waals surface area contributed by atoms with Crippen LogP contribution in [-0.2, 0) is 17.9 Å². The van der Waals surface area contributed by atoms with Crippen LogP contribution in [0.2, 0.25) is 0 Å². The summed E-state index contributed by atoms with van der Waals surface area (Å²) in [5, 5.41) is 27.6. The number of nitrogens with zero attached hydrogens (tertiary/aromatic N) is 2. The molecule has 0 unspecified atom stereocenters. The van der Waals surface area contributed by atoms with Gasteiger partial charge in [0.1, 0.15) is 18.0 Å². The van der Waals surface area contributed by atoms with Gasteiger partial charge >= 0.3 is 0 Å². The molecule has 1 aromatic heterocycles. The van der Waals surface area contributed by atoms with Crippen molar-refractivity contribution in [3.05, 3.63) is 102 Å². The third kappa shape index (κ3) is 4.64. The number of rotatable bonds is 8. The third-order valence-corrected chi connectivity index (χ3v) is 7.04. The molecule has 0 atom stereocenters. The van der Waals surface area contributed by atoms with Crippen LogP contribution in [0.15, 0.2) is 101 Å². The molecule has 7 heteroatoms. The van der Waals surface area contributed by atoms with Crippen LogP contribution in [0, 0.1) is 0 Å². The summed E-state index contributed by atoms with van der Waals surface area (Å²) in [6, 6.07) is 29.9. The minimum Gasteiger partial charge on any atom is -0.505 e. The van der Waals surface area contributed by atoms with Gasteiger partial charge in [0.05, 0.1) is 16.9 Å². The molecule has 5 aromatic carbocycles. The summed E-state index contributed by atoms with van der Waals surface area (Å²) >= 11 is 0. The maximum absolute atomic E-state index is 11.5. The number of azo groups is 1. The van der Waals surface area contributed by atoms with E-state index >= 15 is 0 Å². The van der Waals surface area contributed by atoms with Gasteiger partial charge in [-0.2, -0.15) is 5.11 Å². The number of benzene rings is 5. The fourth-order valence-corrected chi connectivity index (χ4v) is 4.97. The molecule has 0 bridgehead atoms. The molecule has 0 aliphatic carbocycles. The normalized spacial score (nSPS) is 11.6. The molecule has 39 heavy (non-hydrogen) atoms. The largest absolute Gasteiger partial charge is 0.505 e. The molecule has 0 spiro atoms. The lowest BCUT2D eigenvalue weighted by Crippen LogP contribution is -2.04. The molecule has 0 aliphatic heterocycles. The number of nitrogens with one attached hydrogen (secondary N) is 3. The van der Waals surface area contributed by atoms with Gasteiger partial charge in [0.25, 0.3) is 0 Å². The van der Waals surface area contributed by atoms with E-state index in [9.17, 15) is 5.11 Å². The van der Waals surface area contributed by atoms with E-state index in [1.807, 2.05) is 73.8 Å². The highest BCUT2D eigenvalue weighted by Crippen LogP contribution is 2.44. The maximum Gasteiger partial charge on any atom is 0.149 e. The van der Waals surface area contributed by atoms with Crippen molar-refractivity contribution in [1.82, 2.24) is 4.98 Å². The number of H-pyrrole nitrogens is 1. The zero-order valence-corrected chi connectivity index (χ0v) is 21.8. The third-order valence-electron chi connectivity index (χ3n) is 7.04. The van der Waals surface area contributed by atoms with Crippen LogP contribution in [0.25, 0.3) is 32.6 Å². The number of para-hydroxylation sites is 2. The van der Waals surface area contributed by atoms with Gasteiger partial charge in [0.15, 0.2) is 0 Å². The lowest BCUT2D eigenvalue weighted by molar-refractivity contribution is 0.177. The molecule has 6 aromatic rings. The second-order valence-electron chi connectivity index (χ2n) is 9.39. The number of aromatic nitrogens is 1. The first kappa shape index (κ1) is 24.5. The Morgan fingerprint density at radius 2 is 1.64 bits per heavy atom. The van der Waals surface area contributed by atoms with E-state index in [1.165, 1.54) is 0 Å². The molecule has 194 valence electrons. The van der Waals surface area contributed by atoms with Gasteiger partial charge in [-0.05, 0) is 59.8 Å². The van der Waals surface area contributed by atoms with Gasteiger partial charge in [0.2, 0.25) is 0 Å². The molecule has 0 saturated carbocycles. The Morgan fingerprint density at radius 1 is 0.846 bits per heavy atom. The molecule has 0 radical (unpaired) electrons. The molecule has 7 nitrogen and oxygen atoms in total. The standard InChI is InChI=1S/C32H29N5O2/c1-3-20-8-4-6-10-27(20)37-39-19-22-18-21-12-17-26-25-9-5-7-11-28(25)34-30(26)29(21)31(32(22)38)36-35-24-15-13-23(33-2)14-16-24/h4-18,33-34,37-38H,3,19H2,1-2H3. The van der Waals surface area contributed by atoms with Gasteiger partial charge in [0, 0.05) is 40.0 Å². The quantitative estimate of drug-likeness (QED) is 0.120. The van der Waals surface area contributed by atoms with Crippen LogP contribution in [0.4, 0.5) is 22.7 Å². The van der Waals surface area contributed by atoms with Crippen molar-refractivity contribution in [2.45, 2.75) is 20.0 Å². The topological polar surface area (TPSA) is 94.0 Å². The molecule has 4 N–H and O–H groups in total. The Balaban J connectivity index is 1.45. The van der Waals surface area contributed by atoms with Crippen LogP contribution in [0.5, 0.6) is 5.75 Å². The lowest BCUT2D eigenvalue weighted by atomic mass is 10.0. The maximum atomic E-state index is 11.5. The number of fused-ring (bicyclic) bond motifs is 5. The Hall–Kier alpha value is -4.88. The average Bonchev–Trinajstić information content (AvgIpc) is 3.36. The molecular weight excluding hydrogens is 486 g/mol. The van der Waals surface area contributed by atoms with Gasteiger partial charge < -0.3 is 15.4 Å². The Morgan fingerprint density at radius 3 is 2.46 bits per heavy atom. The number of anilines is 2. The highest BCUT2D eigenvalue weighted by atomic mass is 16.6. The fraction of sp³-hybridized carbons (Fsp3) is 0.125. The molecule has 0 aliphatic rings.